The summed E-state index contributed by atoms with van der Waals surface area (Å²) in [7, 11) is 1.25. The van der Waals surface area contributed by atoms with Crippen LogP contribution in [0, 0.1) is 0 Å². The average Bonchev–Trinajstić information content (AvgIpc) is 3.14. The summed E-state index contributed by atoms with van der Waals surface area (Å²) >= 11 is 1.54. The molecule has 0 saturated carbocycles. The molecule has 0 radical (unpaired) electrons. The van der Waals surface area contributed by atoms with Crippen LogP contribution in [0.5, 0.6) is 0 Å². The Morgan fingerprint density at radius 3 is 2.67 bits per heavy atom. The van der Waals surface area contributed by atoms with Crippen LogP contribution in [0.15, 0.2) is 47.8 Å². The van der Waals surface area contributed by atoms with Crippen LogP contribution in [-0.4, -0.2) is 30.1 Å². The molecule has 0 bridgehead atoms. The number of pyridine rings is 1. The molecule has 24 heavy (non-hydrogen) atoms. The molecule has 0 aliphatic heterocycles. The van der Waals surface area contributed by atoms with Crippen molar-refractivity contribution in [2.75, 3.05) is 7.11 Å². The molecule has 0 fully saturated rings. The quantitative estimate of drug-likeness (QED) is 0.677. The molecule has 0 unspecified atom stereocenters. The van der Waals surface area contributed by atoms with Gasteiger partial charge in [0.1, 0.15) is 0 Å². The summed E-state index contributed by atoms with van der Waals surface area (Å²) in [5.41, 5.74) is 1.77. The Labute approximate surface area is 142 Å². The van der Waals surface area contributed by atoms with Gasteiger partial charge in [-0.25, -0.2) is 14.6 Å². The second kappa shape index (κ2) is 6.80. The molecule has 0 saturated heterocycles. The minimum atomic E-state index is -0.973. The van der Waals surface area contributed by atoms with E-state index in [-0.39, 0.29) is 0 Å². The number of hydrogen-bond donors (Lipinski definition) is 0. The van der Waals surface area contributed by atoms with E-state index in [1.807, 2.05) is 35.7 Å². The fourth-order valence-electron chi connectivity index (χ4n) is 2.33. The zero-order valence-corrected chi connectivity index (χ0v) is 14.0. The largest absolute Gasteiger partial charge is 0.466 e. The second-order valence-corrected chi connectivity index (χ2v) is 6.07. The van der Waals surface area contributed by atoms with E-state index in [0.717, 1.165) is 4.88 Å². The Morgan fingerprint density at radius 2 is 1.96 bits per heavy atom. The van der Waals surface area contributed by atoms with Gasteiger partial charge in [0, 0.05) is 5.39 Å². The van der Waals surface area contributed by atoms with E-state index in [0.29, 0.717) is 22.2 Å². The van der Waals surface area contributed by atoms with Gasteiger partial charge in [0.2, 0.25) is 0 Å². The number of carbonyl (C=O) groups is 2. The third-order valence-electron chi connectivity index (χ3n) is 3.53. The lowest BCUT2D eigenvalue weighted by atomic mass is 10.1. The van der Waals surface area contributed by atoms with E-state index < -0.39 is 18.0 Å². The second-order valence-electron chi connectivity index (χ2n) is 5.12. The van der Waals surface area contributed by atoms with Gasteiger partial charge < -0.3 is 9.47 Å². The lowest BCUT2D eigenvalue weighted by molar-refractivity contribution is -0.149. The van der Waals surface area contributed by atoms with Gasteiger partial charge in [0.05, 0.1) is 28.8 Å². The van der Waals surface area contributed by atoms with Gasteiger partial charge in [0.15, 0.2) is 6.10 Å². The first-order valence-electron chi connectivity index (χ1n) is 7.32. The molecule has 0 amide bonds. The van der Waals surface area contributed by atoms with Gasteiger partial charge in [-0.3, -0.25) is 0 Å². The number of fused-ring (bicyclic) bond motifs is 1. The minimum absolute atomic E-state index is 0.375. The summed E-state index contributed by atoms with van der Waals surface area (Å²) in [6, 6.07) is 12.9. The smallest absolute Gasteiger partial charge is 0.346 e. The lowest BCUT2D eigenvalue weighted by Crippen LogP contribution is -2.25. The van der Waals surface area contributed by atoms with E-state index in [2.05, 4.69) is 9.72 Å². The van der Waals surface area contributed by atoms with Crippen molar-refractivity contribution in [2.24, 2.45) is 0 Å². The number of para-hydroxylation sites is 1. The molecule has 2 heterocycles. The fraction of sp³-hybridized carbons (Fsp3) is 0.167. The van der Waals surface area contributed by atoms with E-state index in [1.165, 1.54) is 25.4 Å². The fourth-order valence-corrected chi connectivity index (χ4v) is 3.02. The highest BCUT2D eigenvalue weighted by molar-refractivity contribution is 7.13. The molecular formula is C18H15NO4S. The van der Waals surface area contributed by atoms with E-state index in [4.69, 9.17) is 4.74 Å². The van der Waals surface area contributed by atoms with Gasteiger partial charge in [-0.2, -0.15) is 0 Å². The monoisotopic (exact) mass is 341 g/mol. The van der Waals surface area contributed by atoms with Crippen molar-refractivity contribution >= 4 is 34.2 Å². The third-order valence-corrected chi connectivity index (χ3v) is 4.42. The molecule has 0 N–H and O–H groups in total. The molecule has 3 rings (SSSR count). The van der Waals surface area contributed by atoms with Crippen molar-refractivity contribution in [2.45, 2.75) is 13.0 Å². The van der Waals surface area contributed by atoms with Crippen LogP contribution in [0.4, 0.5) is 0 Å². The molecule has 5 nitrogen and oxygen atoms in total. The third kappa shape index (κ3) is 3.14. The van der Waals surface area contributed by atoms with Crippen molar-refractivity contribution in [1.82, 2.24) is 4.98 Å². The SMILES string of the molecule is COC(=O)[C@H](C)OC(=O)c1cc(-c2cccs2)nc2ccccc12. The molecule has 122 valence electrons. The first kappa shape index (κ1) is 16.1. The van der Waals surface area contributed by atoms with Gasteiger partial charge in [-0.15, -0.1) is 11.3 Å². The van der Waals surface area contributed by atoms with Crippen LogP contribution in [0.3, 0.4) is 0 Å². The summed E-state index contributed by atoms with van der Waals surface area (Å²) in [6.45, 7) is 1.48. The molecule has 3 aromatic rings. The van der Waals surface area contributed by atoms with Crippen molar-refractivity contribution in [3.8, 4) is 10.6 Å². The summed E-state index contributed by atoms with van der Waals surface area (Å²) in [5, 5.41) is 2.63. The van der Waals surface area contributed by atoms with Crippen molar-refractivity contribution < 1.29 is 19.1 Å². The van der Waals surface area contributed by atoms with Gasteiger partial charge in [0.25, 0.3) is 0 Å². The van der Waals surface area contributed by atoms with Crippen LogP contribution in [-0.2, 0) is 14.3 Å². The maximum atomic E-state index is 12.6. The predicted molar refractivity (Wildman–Crippen MR) is 91.9 cm³/mol. The molecule has 0 aliphatic rings. The highest BCUT2D eigenvalue weighted by Crippen LogP contribution is 2.28. The number of methoxy groups -OCH3 is 1. The zero-order valence-electron chi connectivity index (χ0n) is 13.2. The predicted octanol–water partition coefficient (Wildman–Crippen LogP) is 3.68. The van der Waals surface area contributed by atoms with Crippen LogP contribution in [0.25, 0.3) is 21.5 Å². The molecular weight excluding hydrogens is 326 g/mol. The summed E-state index contributed by atoms with van der Waals surface area (Å²) < 4.78 is 9.82. The van der Waals surface area contributed by atoms with Gasteiger partial charge >= 0.3 is 11.9 Å². The zero-order chi connectivity index (χ0) is 17.1. The number of aromatic nitrogens is 1. The summed E-state index contributed by atoms with van der Waals surface area (Å²) in [5.74, 6) is -1.18. The standard InChI is InChI=1S/C18H15NO4S/c1-11(17(20)22-2)23-18(21)13-10-15(16-8-5-9-24-16)19-14-7-4-3-6-12(13)14/h3-11H,1-2H3/t11-/m0/s1. The van der Waals surface area contributed by atoms with Crippen LogP contribution in [0.1, 0.15) is 17.3 Å². The van der Waals surface area contributed by atoms with Crippen molar-refractivity contribution in [3.63, 3.8) is 0 Å². The Balaban J connectivity index is 2.05. The Hall–Kier alpha value is -2.73. The molecule has 0 spiro atoms. The lowest BCUT2D eigenvalue weighted by Gasteiger charge is -2.13. The summed E-state index contributed by atoms with van der Waals surface area (Å²) in [6.07, 6.45) is -0.973. The normalized spacial score (nSPS) is 11.9. The number of hydrogen-bond acceptors (Lipinski definition) is 6. The Morgan fingerprint density at radius 1 is 1.17 bits per heavy atom. The van der Waals surface area contributed by atoms with Crippen molar-refractivity contribution in [3.05, 3.63) is 53.4 Å². The number of thiophene rings is 1. The van der Waals surface area contributed by atoms with Gasteiger partial charge in [-0.05, 0) is 30.5 Å². The first-order chi connectivity index (χ1) is 11.6. The number of rotatable bonds is 4. The van der Waals surface area contributed by atoms with Crippen molar-refractivity contribution in [1.29, 1.82) is 0 Å². The highest BCUT2D eigenvalue weighted by atomic mass is 32.1. The Kier molecular flexibility index (Phi) is 4.57. The summed E-state index contributed by atoms with van der Waals surface area (Å²) in [4.78, 5) is 29.6. The number of nitrogens with zero attached hydrogens (tertiary/aromatic N) is 1. The number of ether oxygens (including phenoxy) is 2. The molecule has 0 aliphatic carbocycles. The number of benzene rings is 1. The topological polar surface area (TPSA) is 65.5 Å². The first-order valence-corrected chi connectivity index (χ1v) is 8.20. The molecule has 1 aromatic carbocycles. The van der Waals surface area contributed by atoms with Gasteiger partial charge in [-0.1, -0.05) is 24.3 Å². The molecule has 2 aromatic heterocycles. The number of esters is 2. The Bertz CT molecular complexity index is 889. The van der Waals surface area contributed by atoms with Crippen LogP contribution >= 0.6 is 11.3 Å². The minimum Gasteiger partial charge on any atom is -0.466 e. The van der Waals surface area contributed by atoms with Crippen LogP contribution in [0.2, 0.25) is 0 Å². The molecule has 6 heteroatoms. The number of carbonyl (C=O) groups excluding carboxylic acids is 2. The van der Waals surface area contributed by atoms with E-state index >= 15 is 0 Å². The van der Waals surface area contributed by atoms with E-state index in [1.54, 1.807) is 12.1 Å². The maximum absolute atomic E-state index is 12.6. The maximum Gasteiger partial charge on any atom is 0.346 e. The molecule has 1 atom stereocenters. The highest BCUT2D eigenvalue weighted by Gasteiger charge is 2.22. The average molecular weight is 341 g/mol. The van der Waals surface area contributed by atoms with E-state index in [9.17, 15) is 9.59 Å². The van der Waals surface area contributed by atoms with Crippen LogP contribution < -0.4 is 0 Å².